The van der Waals surface area contributed by atoms with Gasteiger partial charge in [-0.2, -0.15) is 0 Å². The van der Waals surface area contributed by atoms with Crippen LogP contribution in [-0.4, -0.2) is 12.5 Å². The van der Waals surface area contributed by atoms with E-state index in [9.17, 15) is 4.79 Å². The Bertz CT molecular complexity index is 502. The minimum Gasteiger partial charge on any atom is -0.494 e. The Morgan fingerprint density at radius 3 is 2.93 bits per heavy atom. The maximum absolute atomic E-state index is 10.9. The average Bonchev–Trinajstić information content (AvgIpc) is 2.61. The molecule has 0 spiro atoms. The zero-order valence-corrected chi connectivity index (χ0v) is 8.32. The van der Waals surface area contributed by atoms with Crippen molar-refractivity contribution in [2.75, 3.05) is 6.61 Å². The molecule has 2 rings (SSSR count). The summed E-state index contributed by atoms with van der Waals surface area (Å²) < 4.78 is 10.6. The summed E-state index contributed by atoms with van der Waals surface area (Å²) in [6.45, 7) is 2.50. The van der Waals surface area contributed by atoms with Crippen LogP contribution in [0.15, 0.2) is 28.7 Å². The van der Waals surface area contributed by atoms with Gasteiger partial charge in [-0.3, -0.25) is 4.79 Å². The largest absolute Gasteiger partial charge is 0.494 e. The zero-order chi connectivity index (χ0) is 10.8. The number of hydrogen-bond donors (Lipinski definition) is 1. The third-order valence-corrected chi connectivity index (χ3v) is 2.05. The molecule has 78 valence electrons. The van der Waals surface area contributed by atoms with Crippen molar-refractivity contribution < 1.29 is 13.9 Å². The van der Waals surface area contributed by atoms with Crippen molar-refractivity contribution in [2.45, 2.75) is 6.92 Å². The summed E-state index contributed by atoms with van der Waals surface area (Å²) in [6, 6.07) is 7.01. The van der Waals surface area contributed by atoms with Gasteiger partial charge in [-0.15, -0.1) is 0 Å². The number of ether oxygens (including phenoxy) is 1. The first-order valence-electron chi connectivity index (χ1n) is 4.67. The fourth-order valence-corrected chi connectivity index (χ4v) is 1.39. The lowest BCUT2D eigenvalue weighted by atomic mass is 10.2. The molecule has 2 N–H and O–H groups in total. The standard InChI is InChI=1S/C11H11NO3/c1-2-14-8-4-3-7-5-10(11(12)13)15-9(7)6-8/h3-6H,2H2,1H3,(H2,12,13). The lowest BCUT2D eigenvalue weighted by Gasteiger charge is -2.00. The van der Waals surface area contributed by atoms with Crippen LogP contribution in [0.2, 0.25) is 0 Å². The molecule has 0 saturated heterocycles. The number of amides is 1. The second-order valence-electron chi connectivity index (χ2n) is 3.11. The quantitative estimate of drug-likeness (QED) is 0.832. The van der Waals surface area contributed by atoms with E-state index in [4.69, 9.17) is 14.9 Å². The van der Waals surface area contributed by atoms with Crippen LogP contribution in [0.4, 0.5) is 0 Å². The second-order valence-corrected chi connectivity index (χ2v) is 3.11. The lowest BCUT2D eigenvalue weighted by molar-refractivity contribution is 0.0976. The molecule has 0 aliphatic heterocycles. The Kier molecular flexibility index (Phi) is 2.33. The molecule has 1 aromatic carbocycles. The summed E-state index contributed by atoms with van der Waals surface area (Å²) in [4.78, 5) is 10.9. The number of primary amides is 1. The van der Waals surface area contributed by atoms with Crippen molar-refractivity contribution in [1.82, 2.24) is 0 Å². The highest BCUT2D eigenvalue weighted by molar-refractivity contribution is 5.95. The summed E-state index contributed by atoms with van der Waals surface area (Å²) in [7, 11) is 0. The van der Waals surface area contributed by atoms with E-state index in [2.05, 4.69) is 0 Å². The Hall–Kier alpha value is -1.97. The number of nitrogens with two attached hydrogens (primary N) is 1. The third kappa shape index (κ3) is 1.79. The zero-order valence-electron chi connectivity index (χ0n) is 8.32. The number of furan rings is 1. The van der Waals surface area contributed by atoms with Gasteiger partial charge in [0.15, 0.2) is 5.76 Å². The molecular weight excluding hydrogens is 194 g/mol. The molecule has 1 amide bonds. The maximum atomic E-state index is 10.9. The van der Waals surface area contributed by atoms with E-state index in [-0.39, 0.29) is 5.76 Å². The number of fused-ring (bicyclic) bond motifs is 1. The average molecular weight is 205 g/mol. The summed E-state index contributed by atoms with van der Waals surface area (Å²) in [5.74, 6) is 0.318. The van der Waals surface area contributed by atoms with Crippen molar-refractivity contribution in [3.05, 3.63) is 30.0 Å². The molecule has 4 heteroatoms. The summed E-state index contributed by atoms with van der Waals surface area (Å²) in [6.07, 6.45) is 0. The van der Waals surface area contributed by atoms with Crippen LogP contribution in [0.1, 0.15) is 17.5 Å². The van der Waals surface area contributed by atoms with Crippen LogP contribution in [0.3, 0.4) is 0 Å². The molecule has 0 aliphatic rings. The molecule has 1 heterocycles. The van der Waals surface area contributed by atoms with Gasteiger partial charge in [0, 0.05) is 11.5 Å². The molecule has 0 unspecified atom stereocenters. The minimum atomic E-state index is -0.566. The van der Waals surface area contributed by atoms with Crippen LogP contribution in [0, 0.1) is 0 Å². The number of carbonyl (C=O) groups excluding carboxylic acids is 1. The summed E-state index contributed by atoms with van der Waals surface area (Å²) in [5, 5.41) is 0.840. The van der Waals surface area contributed by atoms with Gasteiger partial charge in [-0.05, 0) is 25.1 Å². The van der Waals surface area contributed by atoms with Crippen LogP contribution < -0.4 is 10.5 Å². The second kappa shape index (κ2) is 3.65. The predicted molar refractivity (Wildman–Crippen MR) is 55.9 cm³/mol. The first-order valence-corrected chi connectivity index (χ1v) is 4.67. The Morgan fingerprint density at radius 2 is 2.27 bits per heavy atom. The van der Waals surface area contributed by atoms with E-state index < -0.39 is 5.91 Å². The first kappa shape index (κ1) is 9.58. The van der Waals surface area contributed by atoms with Gasteiger partial charge in [0.05, 0.1) is 6.61 Å². The van der Waals surface area contributed by atoms with E-state index in [1.54, 1.807) is 12.1 Å². The highest BCUT2D eigenvalue weighted by Gasteiger charge is 2.08. The number of hydrogen-bond acceptors (Lipinski definition) is 3. The van der Waals surface area contributed by atoms with Gasteiger partial charge < -0.3 is 14.9 Å². The van der Waals surface area contributed by atoms with Crippen molar-refractivity contribution >= 4 is 16.9 Å². The molecule has 1 aromatic heterocycles. The smallest absolute Gasteiger partial charge is 0.284 e. The van der Waals surface area contributed by atoms with Crippen molar-refractivity contribution in [1.29, 1.82) is 0 Å². The fourth-order valence-electron chi connectivity index (χ4n) is 1.39. The van der Waals surface area contributed by atoms with Crippen molar-refractivity contribution in [3.8, 4) is 5.75 Å². The number of benzene rings is 1. The third-order valence-electron chi connectivity index (χ3n) is 2.05. The molecule has 0 atom stereocenters. The fraction of sp³-hybridized carbons (Fsp3) is 0.182. The first-order chi connectivity index (χ1) is 7.20. The number of rotatable bonds is 3. The van der Waals surface area contributed by atoms with Crippen LogP contribution in [0.5, 0.6) is 5.75 Å². The topological polar surface area (TPSA) is 65.5 Å². The van der Waals surface area contributed by atoms with Crippen molar-refractivity contribution in [3.63, 3.8) is 0 Å². The van der Waals surface area contributed by atoms with Crippen LogP contribution in [-0.2, 0) is 0 Å². The lowest BCUT2D eigenvalue weighted by Crippen LogP contribution is -2.08. The molecule has 0 fully saturated rings. The van der Waals surface area contributed by atoms with Gasteiger partial charge in [0.1, 0.15) is 11.3 Å². The van der Waals surface area contributed by atoms with Gasteiger partial charge in [-0.1, -0.05) is 0 Å². The monoisotopic (exact) mass is 205 g/mol. The van der Waals surface area contributed by atoms with E-state index in [1.165, 1.54) is 0 Å². The van der Waals surface area contributed by atoms with Gasteiger partial charge in [0.2, 0.25) is 0 Å². The van der Waals surface area contributed by atoms with Gasteiger partial charge in [-0.25, -0.2) is 0 Å². The molecule has 4 nitrogen and oxygen atoms in total. The summed E-state index contributed by atoms with van der Waals surface area (Å²) in [5.41, 5.74) is 5.72. The predicted octanol–water partition coefficient (Wildman–Crippen LogP) is 1.93. The molecular formula is C11H11NO3. The van der Waals surface area contributed by atoms with E-state index in [1.807, 2.05) is 19.1 Å². The van der Waals surface area contributed by atoms with E-state index in [0.29, 0.717) is 12.2 Å². The van der Waals surface area contributed by atoms with Crippen molar-refractivity contribution in [2.24, 2.45) is 5.73 Å². The maximum Gasteiger partial charge on any atom is 0.284 e. The highest BCUT2D eigenvalue weighted by Crippen LogP contribution is 2.24. The molecule has 15 heavy (non-hydrogen) atoms. The van der Waals surface area contributed by atoms with Crippen LogP contribution >= 0.6 is 0 Å². The molecule has 0 bridgehead atoms. The highest BCUT2D eigenvalue weighted by atomic mass is 16.5. The normalized spacial score (nSPS) is 10.5. The van der Waals surface area contributed by atoms with E-state index in [0.717, 1.165) is 11.1 Å². The van der Waals surface area contributed by atoms with Crippen LogP contribution in [0.25, 0.3) is 11.0 Å². The molecule has 0 saturated carbocycles. The Labute approximate surface area is 86.6 Å². The van der Waals surface area contributed by atoms with E-state index >= 15 is 0 Å². The minimum absolute atomic E-state index is 0.165. The van der Waals surface area contributed by atoms with Gasteiger partial charge >= 0.3 is 0 Å². The Morgan fingerprint density at radius 1 is 1.47 bits per heavy atom. The number of carbonyl (C=O) groups is 1. The molecule has 0 aliphatic carbocycles. The SMILES string of the molecule is CCOc1ccc2cc(C(N)=O)oc2c1. The molecule has 2 aromatic rings. The Balaban J connectivity index is 2.47. The van der Waals surface area contributed by atoms with Gasteiger partial charge in [0.25, 0.3) is 5.91 Å². The molecule has 0 radical (unpaired) electrons. The summed E-state index contributed by atoms with van der Waals surface area (Å²) >= 11 is 0.